The monoisotopic (exact) mass is 317 g/mol. The Balaban J connectivity index is 1.61. The maximum Gasteiger partial charge on any atom is 0.319 e. The van der Waals surface area contributed by atoms with Crippen LogP contribution < -0.4 is 10.6 Å². The van der Waals surface area contributed by atoms with E-state index in [1.54, 1.807) is 7.11 Å². The highest BCUT2D eigenvalue weighted by Gasteiger charge is 2.34. The second-order valence-corrected chi connectivity index (χ2v) is 6.14. The predicted molar refractivity (Wildman–Crippen MR) is 87.2 cm³/mol. The third kappa shape index (κ3) is 4.01. The van der Waals surface area contributed by atoms with Gasteiger partial charge < -0.3 is 20.3 Å². The topological polar surface area (TPSA) is 70.7 Å². The molecular formula is C17H23N3O3. The molecule has 1 aromatic rings. The molecule has 0 radical (unpaired) electrons. The predicted octanol–water partition coefficient (Wildman–Crippen LogP) is 1.75. The summed E-state index contributed by atoms with van der Waals surface area (Å²) in [7, 11) is 1.59. The number of fused-ring (bicyclic) bond motifs is 1. The maximum atomic E-state index is 12.2. The summed E-state index contributed by atoms with van der Waals surface area (Å²) in [5.41, 5.74) is 3.13. The molecule has 2 aliphatic rings. The molecule has 0 saturated heterocycles. The van der Waals surface area contributed by atoms with Gasteiger partial charge in [0.1, 0.15) is 0 Å². The third-order valence-electron chi connectivity index (χ3n) is 4.31. The Bertz CT molecular complexity index is 599. The standard InChI is InChI=1S/C17H23N3O3/c1-23-9-7-18-17(22)19-15-5-4-12-6-8-20(11-14(12)10-15)16(21)13-2-3-13/h4-5,10,13H,2-3,6-9,11H2,1H3,(H2,18,19,22). The van der Waals surface area contributed by atoms with E-state index in [0.717, 1.165) is 37.1 Å². The van der Waals surface area contributed by atoms with Crippen LogP contribution >= 0.6 is 0 Å². The second kappa shape index (κ2) is 7.00. The molecular weight excluding hydrogens is 294 g/mol. The number of hydrogen-bond acceptors (Lipinski definition) is 3. The van der Waals surface area contributed by atoms with Gasteiger partial charge in [-0.15, -0.1) is 0 Å². The van der Waals surface area contributed by atoms with Crippen molar-refractivity contribution in [2.24, 2.45) is 5.92 Å². The number of hydrogen-bond donors (Lipinski definition) is 2. The average Bonchev–Trinajstić information content (AvgIpc) is 3.38. The Labute approximate surface area is 136 Å². The fourth-order valence-corrected chi connectivity index (χ4v) is 2.85. The van der Waals surface area contributed by atoms with Crippen molar-refractivity contribution in [3.8, 4) is 0 Å². The van der Waals surface area contributed by atoms with Crippen LogP contribution in [0.3, 0.4) is 0 Å². The molecule has 0 unspecified atom stereocenters. The minimum absolute atomic E-state index is 0.247. The van der Waals surface area contributed by atoms with E-state index < -0.39 is 0 Å². The smallest absolute Gasteiger partial charge is 0.319 e. The quantitative estimate of drug-likeness (QED) is 0.813. The van der Waals surface area contributed by atoms with Gasteiger partial charge in [-0.1, -0.05) is 6.07 Å². The number of benzene rings is 1. The third-order valence-corrected chi connectivity index (χ3v) is 4.31. The van der Waals surface area contributed by atoms with Crippen molar-refractivity contribution in [1.29, 1.82) is 0 Å². The first-order chi connectivity index (χ1) is 11.2. The molecule has 124 valence electrons. The molecule has 1 heterocycles. The summed E-state index contributed by atoms with van der Waals surface area (Å²) < 4.78 is 4.90. The van der Waals surface area contributed by atoms with Gasteiger partial charge in [-0.3, -0.25) is 4.79 Å². The van der Waals surface area contributed by atoms with Crippen LogP contribution in [-0.2, 0) is 22.5 Å². The fraction of sp³-hybridized carbons (Fsp3) is 0.529. The van der Waals surface area contributed by atoms with Gasteiger partial charge in [-0.05, 0) is 42.5 Å². The van der Waals surface area contributed by atoms with Gasteiger partial charge in [0.05, 0.1) is 6.61 Å². The molecule has 1 aliphatic carbocycles. The highest BCUT2D eigenvalue weighted by molar-refractivity contribution is 5.89. The highest BCUT2D eigenvalue weighted by Crippen LogP contribution is 2.33. The van der Waals surface area contributed by atoms with Crippen molar-refractivity contribution in [3.05, 3.63) is 29.3 Å². The zero-order chi connectivity index (χ0) is 16.2. The number of carbonyl (C=O) groups is 2. The lowest BCUT2D eigenvalue weighted by atomic mass is 9.98. The van der Waals surface area contributed by atoms with Crippen LogP contribution in [0.15, 0.2) is 18.2 Å². The number of rotatable bonds is 5. The van der Waals surface area contributed by atoms with E-state index >= 15 is 0 Å². The first-order valence-corrected chi connectivity index (χ1v) is 8.12. The largest absolute Gasteiger partial charge is 0.383 e. The van der Waals surface area contributed by atoms with E-state index in [1.165, 1.54) is 5.56 Å². The number of urea groups is 1. The maximum absolute atomic E-state index is 12.2. The van der Waals surface area contributed by atoms with E-state index in [2.05, 4.69) is 10.6 Å². The molecule has 3 amide bonds. The summed E-state index contributed by atoms with van der Waals surface area (Å²) in [6.45, 7) is 2.39. The molecule has 2 N–H and O–H groups in total. The van der Waals surface area contributed by atoms with E-state index in [4.69, 9.17) is 4.74 Å². The van der Waals surface area contributed by atoms with Crippen molar-refractivity contribution in [3.63, 3.8) is 0 Å². The number of carbonyl (C=O) groups excluding carboxylic acids is 2. The fourth-order valence-electron chi connectivity index (χ4n) is 2.85. The molecule has 0 atom stereocenters. The van der Waals surface area contributed by atoms with Crippen LogP contribution in [0.2, 0.25) is 0 Å². The molecule has 6 nitrogen and oxygen atoms in total. The van der Waals surface area contributed by atoms with E-state index in [-0.39, 0.29) is 17.9 Å². The van der Waals surface area contributed by atoms with Crippen LogP contribution in [0.1, 0.15) is 24.0 Å². The molecule has 1 aliphatic heterocycles. The lowest BCUT2D eigenvalue weighted by molar-refractivity contribution is -0.133. The number of anilines is 1. The van der Waals surface area contributed by atoms with Crippen molar-refractivity contribution in [2.75, 3.05) is 32.1 Å². The van der Waals surface area contributed by atoms with Crippen LogP contribution in [0, 0.1) is 5.92 Å². The summed E-state index contributed by atoms with van der Waals surface area (Å²) in [4.78, 5) is 25.9. The van der Waals surface area contributed by atoms with Gasteiger partial charge in [0.2, 0.25) is 5.91 Å². The summed E-state index contributed by atoms with van der Waals surface area (Å²) >= 11 is 0. The molecule has 23 heavy (non-hydrogen) atoms. The Morgan fingerprint density at radius 1 is 1.30 bits per heavy atom. The lowest BCUT2D eigenvalue weighted by Gasteiger charge is -2.29. The lowest BCUT2D eigenvalue weighted by Crippen LogP contribution is -2.37. The molecule has 1 saturated carbocycles. The normalized spacial score (nSPS) is 16.7. The van der Waals surface area contributed by atoms with Gasteiger partial charge in [-0.2, -0.15) is 0 Å². The molecule has 0 bridgehead atoms. The summed E-state index contributed by atoms with van der Waals surface area (Å²) in [5, 5.41) is 5.54. The molecule has 1 fully saturated rings. The van der Waals surface area contributed by atoms with E-state index in [9.17, 15) is 9.59 Å². The van der Waals surface area contributed by atoms with Crippen molar-refractivity contribution in [1.82, 2.24) is 10.2 Å². The molecule has 0 spiro atoms. The Hall–Kier alpha value is -2.08. The van der Waals surface area contributed by atoms with Gasteiger partial charge in [0.15, 0.2) is 0 Å². The van der Waals surface area contributed by atoms with Crippen LogP contribution in [0.5, 0.6) is 0 Å². The molecule has 6 heteroatoms. The van der Waals surface area contributed by atoms with Crippen LogP contribution in [0.25, 0.3) is 0 Å². The number of nitrogens with one attached hydrogen (secondary N) is 2. The van der Waals surface area contributed by atoms with Gasteiger partial charge >= 0.3 is 6.03 Å². The van der Waals surface area contributed by atoms with Crippen LogP contribution in [-0.4, -0.2) is 43.6 Å². The first-order valence-electron chi connectivity index (χ1n) is 8.12. The molecule has 0 aromatic heterocycles. The van der Waals surface area contributed by atoms with Gasteiger partial charge in [0.25, 0.3) is 0 Å². The number of ether oxygens (including phenoxy) is 1. The van der Waals surface area contributed by atoms with E-state index in [0.29, 0.717) is 19.7 Å². The number of nitrogens with zero attached hydrogens (tertiary/aromatic N) is 1. The first kappa shape index (κ1) is 15.8. The minimum atomic E-state index is -0.247. The summed E-state index contributed by atoms with van der Waals surface area (Å²) in [6, 6.07) is 5.67. The van der Waals surface area contributed by atoms with Crippen molar-refractivity contribution in [2.45, 2.75) is 25.8 Å². The Morgan fingerprint density at radius 3 is 2.87 bits per heavy atom. The average molecular weight is 317 g/mol. The number of methoxy groups -OCH3 is 1. The highest BCUT2D eigenvalue weighted by atomic mass is 16.5. The van der Waals surface area contributed by atoms with Crippen LogP contribution in [0.4, 0.5) is 10.5 Å². The van der Waals surface area contributed by atoms with Gasteiger partial charge in [-0.25, -0.2) is 4.79 Å². The zero-order valence-corrected chi connectivity index (χ0v) is 13.4. The Kier molecular flexibility index (Phi) is 4.81. The Morgan fingerprint density at radius 2 is 2.13 bits per heavy atom. The number of amides is 3. The SMILES string of the molecule is COCCNC(=O)Nc1ccc2c(c1)CN(C(=O)C1CC1)CC2. The molecule has 3 rings (SSSR count). The summed E-state index contributed by atoms with van der Waals surface area (Å²) in [6.07, 6.45) is 2.95. The second-order valence-electron chi connectivity index (χ2n) is 6.14. The van der Waals surface area contributed by atoms with Crippen molar-refractivity contribution < 1.29 is 14.3 Å². The van der Waals surface area contributed by atoms with Crippen molar-refractivity contribution >= 4 is 17.6 Å². The van der Waals surface area contributed by atoms with Gasteiger partial charge in [0, 0.05) is 38.3 Å². The minimum Gasteiger partial charge on any atom is -0.383 e. The van der Waals surface area contributed by atoms with E-state index in [1.807, 2.05) is 23.1 Å². The molecule has 1 aromatic carbocycles. The zero-order valence-electron chi connectivity index (χ0n) is 13.4. The summed E-state index contributed by atoms with van der Waals surface area (Å²) in [5.74, 6) is 0.538.